The Bertz CT molecular complexity index is 464. The van der Waals surface area contributed by atoms with E-state index in [2.05, 4.69) is 19.1 Å². The van der Waals surface area contributed by atoms with Crippen LogP contribution in [0.2, 0.25) is 0 Å². The molecule has 0 saturated carbocycles. The van der Waals surface area contributed by atoms with Gasteiger partial charge in [0, 0.05) is 0 Å². The zero-order valence-electron chi connectivity index (χ0n) is 12.8. The monoisotopic (exact) mass is 290 g/mol. The number of carboxylic acids is 1. The van der Waals surface area contributed by atoms with E-state index in [4.69, 9.17) is 5.11 Å². The molecule has 0 heterocycles. The lowest BCUT2D eigenvalue weighted by atomic mass is 10.00. The van der Waals surface area contributed by atoms with Gasteiger partial charge in [-0.2, -0.15) is 0 Å². The van der Waals surface area contributed by atoms with Gasteiger partial charge in [0.1, 0.15) is 11.3 Å². The number of aryl methyl sites for hydroxylation is 1. The molecule has 0 saturated heterocycles. The van der Waals surface area contributed by atoms with Gasteiger partial charge in [-0.15, -0.1) is 0 Å². The van der Waals surface area contributed by atoms with Crippen molar-refractivity contribution in [3.63, 3.8) is 0 Å². The highest BCUT2D eigenvalue weighted by molar-refractivity contribution is 5.92. The first-order valence-electron chi connectivity index (χ1n) is 7.86. The second-order valence-corrected chi connectivity index (χ2v) is 5.33. The first-order chi connectivity index (χ1) is 10.2. The Balaban J connectivity index is 2.29. The number of aromatic hydroxyl groups is 1. The molecule has 1 rings (SSSR count). The molecule has 2 N–H and O–H groups in total. The lowest BCUT2D eigenvalue weighted by Gasteiger charge is -2.07. The summed E-state index contributed by atoms with van der Waals surface area (Å²) in [5.41, 5.74) is 0.776. The third-order valence-electron chi connectivity index (χ3n) is 3.55. The molecular formula is C18H26O3. The van der Waals surface area contributed by atoms with E-state index >= 15 is 0 Å². The predicted octanol–water partition coefficient (Wildman–Crippen LogP) is 4.94. The molecule has 21 heavy (non-hydrogen) atoms. The van der Waals surface area contributed by atoms with Crippen LogP contribution < -0.4 is 0 Å². The van der Waals surface area contributed by atoms with E-state index in [1.165, 1.54) is 25.3 Å². The summed E-state index contributed by atoms with van der Waals surface area (Å²) in [6.45, 7) is 2.20. The van der Waals surface area contributed by atoms with Crippen LogP contribution in [0, 0.1) is 0 Å². The minimum Gasteiger partial charge on any atom is -0.507 e. The van der Waals surface area contributed by atoms with Crippen LogP contribution in [0.25, 0.3) is 0 Å². The molecule has 0 spiro atoms. The zero-order valence-corrected chi connectivity index (χ0v) is 12.8. The number of allylic oxidation sites excluding steroid dienone is 2. The van der Waals surface area contributed by atoms with Gasteiger partial charge < -0.3 is 10.2 Å². The minimum absolute atomic E-state index is 0.0527. The van der Waals surface area contributed by atoms with Crippen LogP contribution in [0.15, 0.2) is 30.4 Å². The van der Waals surface area contributed by atoms with Crippen molar-refractivity contribution in [3.05, 3.63) is 41.5 Å². The summed E-state index contributed by atoms with van der Waals surface area (Å²) in [6, 6.07) is 4.91. The summed E-state index contributed by atoms with van der Waals surface area (Å²) in [5, 5.41) is 18.7. The number of unbranched alkanes of at least 4 members (excludes halogenated alkanes) is 5. The largest absolute Gasteiger partial charge is 0.507 e. The van der Waals surface area contributed by atoms with Crippen molar-refractivity contribution in [3.8, 4) is 5.75 Å². The summed E-state index contributed by atoms with van der Waals surface area (Å²) in [5.74, 6) is -1.19. The maximum absolute atomic E-state index is 11.1. The fourth-order valence-corrected chi connectivity index (χ4v) is 2.35. The molecule has 0 aliphatic rings. The number of rotatable bonds is 10. The molecule has 0 radical (unpaired) electrons. The van der Waals surface area contributed by atoms with E-state index in [1.54, 1.807) is 12.1 Å². The molecule has 0 unspecified atom stereocenters. The fraction of sp³-hybridized carbons (Fsp3) is 0.500. The Morgan fingerprint density at radius 2 is 1.81 bits per heavy atom. The van der Waals surface area contributed by atoms with Crippen molar-refractivity contribution < 1.29 is 15.0 Å². The fourth-order valence-electron chi connectivity index (χ4n) is 2.35. The van der Waals surface area contributed by atoms with E-state index < -0.39 is 5.97 Å². The normalized spacial score (nSPS) is 11.1. The van der Waals surface area contributed by atoms with Gasteiger partial charge >= 0.3 is 5.97 Å². The molecule has 0 bridgehead atoms. The summed E-state index contributed by atoms with van der Waals surface area (Å²) in [6.07, 6.45) is 13.1. The SMILES string of the molecule is CCCC/C=C\CCCCCc1cccc(O)c1C(=O)O. The van der Waals surface area contributed by atoms with E-state index in [0.29, 0.717) is 6.42 Å². The van der Waals surface area contributed by atoms with Gasteiger partial charge in [-0.05, 0) is 43.7 Å². The standard InChI is InChI=1S/C18H26O3/c1-2-3-4-5-6-7-8-9-10-12-15-13-11-14-16(19)17(15)18(20)21/h5-6,11,13-14,19H,2-4,7-10,12H2,1H3,(H,20,21)/b6-5-. The second-order valence-electron chi connectivity index (χ2n) is 5.33. The molecule has 0 aliphatic heterocycles. The van der Waals surface area contributed by atoms with Crippen molar-refractivity contribution in [1.29, 1.82) is 0 Å². The van der Waals surface area contributed by atoms with Crippen molar-refractivity contribution in [2.75, 3.05) is 0 Å². The average molecular weight is 290 g/mol. The second kappa shape index (κ2) is 10.0. The van der Waals surface area contributed by atoms with Crippen LogP contribution in [0.1, 0.15) is 67.8 Å². The Kier molecular flexibility index (Phi) is 8.25. The number of hydrogen-bond donors (Lipinski definition) is 2. The Morgan fingerprint density at radius 1 is 1.10 bits per heavy atom. The number of benzene rings is 1. The third kappa shape index (κ3) is 6.48. The van der Waals surface area contributed by atoms with Crippen LogP contribution >= 0.6 is 0 Å². The molecular weight excluding hydrogens is 264 g/mol. The Hall–Kier alpha value is -1.77. The van der Waals surface area contributed by atoms with E-state index in [-0.39, 0.29) is 11.3 Å². The van der Waals surface area contributed by atoms with Crippen LogP contribution in [0.5, 0.6) is 5.75 Å². The van der Waals surface area contributed by atoms with Crippen molar-refractivity contribution in [2.24, 2.45) is 0 Å². The molecule has 0 aromatic heterocycles. The number of carboxylic acid groups (broad SMARTS) is 1. The van der Waals surface area contributed by atoms with Gasteiger partial charge in [0.05, 0.1) is 0 Å². The number of hydrogen-bond acceptors (Lipinski definition) is 2. The average Bonchev–Trinajstić information content (AvgIpc) is 2.45. The highest BCUT2D eigenvalue weighted by atomic mass is 16.4. The number of carbonyl (C=O) groups is 1. The van der Waals surface area contributed by atoms with Gasteiger partial charge in [-0.1, -0.05) is 50.5 Å². The molecule has 3 heteroatoms. The summed E-state index contributed by atoms with van der Waals surface area (Å²) < 4.78 is 0. The van der Waals surface area contributed by atoms with E-state index in [9.17, 15) is 9.90 Å². The number of phenols is 1. The van der Waals surface area contributed by atoms with E-state index in [0.717, 1.165) is 31.2 Å². The predicted molar refractivity (Wildman–Crippen MR) is 85.9 cm³/mol. The maximum atomic E-state index is 11.1. The summed E-state index contributed by atoms with van der Waals surface area (Å²) in [7, 11) is 0. The quantitative estimate of drug-likeness (QED) is 0.474. The van der Waals surface area contributed by atoms with Crippen LogP contribution in [0.4, 0.5) is 0 Å². The maximum Gasteiger partial charge on any atom is 0.339 e. The van der Waals surface area contributed by atoms with Gasteiger partial charge in [-0.3, -0.25) is 0 Å². The molecule has 0 atom stereocenters. The molecule has 116 valence electrons. The van der Waals surface area contributed by atoms with Crippen molar-refractivity contribution in [1.82, 2.24) is 0 Å². The van der Waals surface area contributed by atoms with Gasteiger partial charge in [0.15, 0.2) is 0 Å². The topological polar surface area (TPSA) is 57.5 Å². The molecule has 0 amide bonds. The molecule has 0 fully saturated rings. The summed E-state index contributed by atoms with van der Waals surface area (Å²) >= 11 is 0. The first kappa shape index (κ1) is 17.3. The number of aromatic carboxylic acids is 1. The van der Waals surface area contributed by atoms with Crippen LogP contribution in [-0.2, 0) is 6.42 Å². The summed E-state index contributed by atoms with van der Waals surface area (Å²) in [4.78, 5) is 11.1. The van der Waals surface area contributed by atoms with E-state index in [1.807, 2.05) is 0 Å². The zero-order chi connectivity index (χ0) is 15.5. The lowest BCUT2D eigenvalue weighted by molar-refractivity contribution is 0.0692. The van der Waals surface area contributed by atoms with Gasteiger partial charge in [-0.25, -0.2) is 4.79 Å². The Labute approximate surface area is 127 Å². The van der Waals surface area contributed by atoms with Crippen molar-refractivity contribution >= 4 is 5.97 Å². The van der Waals surface area contributed by atoms with Crippen molar-refractivity contribution in [2.45, 2.75) is 58.3 Å². The highest BCUT2D eigenvalue weighted by Crippen LogP contribution is 2.22. The Morgan fingerprint density at radius 3 is 2.48 bits per heavy atom. The first-order valence-corrected chi connectivity index (χ1v) is 7.86. The van der Waals surface area contributed by atoms with Gasteiger partial charge in [0.2, 0.25) is 0 Å². The molecule has 3 nitrogen and oxygen atoms in total. The minimum atomic E-state index is -1.05. The van der Waals surface area contributed by atoms with Gasteiger partial charge in [0.25, 0.3) is 0 Å². The molecule has 0 aliphatic carbocycles. The smallest absolute Gasteiger partial charge is 0.339 e. The molecule has 1 aromatic rings. The highest BCUT2D eigenvalue weighted by Gasteiger charge is 2.14. The molecule has 1 aromatic carbocycles. The lowest BCUT2D eigenvalue weighted by Crippen LogP contribution is -2.03. The van der Waals surface area contributed by atoms with Crippen LogP contribution in [0.3, 0.4) is 0 Å². The van der Waals surface area contributed by atoms with Crippen LogP contribution in [-0.4, -0.2) is 16.2 Å². The third-order valence-corrected chi connectivity index (χ3v) is 3.55.